The summed E-state index contributed by atoms with van der Waals surface area (Å²) in [4.78, 5) is 32.5. The molecule has 1 heterocycles. The molecule has 0 spiro atoms. The molecule has 1 N–H and O–H groups in total. The fourth-order valence-corrected chi connectivity index (χ4v) is 1.67. The largest absolute Gasteiger partial charge is 0.354 e. The van der Waals surface area contributed by atoms with Gasteiger partial charge in [0.2, 0.25) is 0 Å². The Morgan fingerprint density at radius 3 is 2.80 bits per heavy atom. The highest BCUT2D eigenvalue weighted by molar-refractivity contribution is 5.92. The van der Waals surface area contributed by atoms with Crippen LogP contribution in [0.25, 0.3) is 5.69 Å². The molecule has 0 aliphatic carbocycles. The van der Waals surface area contributed by atoms with Crippen LogP contribution in [-0.4, -0.2) is 33.9 Å². The molecule has 8 nitrogen and oxygen atoms in total. The zero-order valence-corrected chi connectivity index (χ0v) is 10.4. The van der Waals surface area contributed by atoms with Crippen LogP contribution >= 0.6 is 0 Å². The summed E-state index contributed by atoms with van der Waals surface area (Å²) in [6.45, 7) is 0. The van der Waals surface area contributed by atoms with E-state index in [1.165, 1.54) is 36.1 Å². The van der Waals surface area contributed by atoms with Crippen LogP contribution in [0.2, 0.25) is 0 Å². The van der Waals surface area contributed by atoms with Gasteiger partial charge in [-0.3, -0.25) is 19.7 Å². The van der Waals surface area contributed by atoms with Crippen molar-refractivity contribution >= 4 is 17.9 Å². The normalized spacial score (nSPS) is 10.1. The van der Waals surface area contributed by atoms with Crippen LogP contribution < -0.4 is 5.32 Å². The molecule has 0 aliphatic heterocycles. The second kappa shape index (κ2) is 5.31. The Labute approximate surface area is 113 Å². The number of nitro groups is 1. The molecular formula is C12H10N4O4. The molecule has 0 atom stereocenters. The van der Waals surface area contributed by atoms with Crippen LogP contribution in [0.3, 0.4) is 0 Å². The lowest BCUT2D eigenvalue weighted by Gasteiger charge is -2.04. The van der Waals surface area contributed by atoms with Gasteiger partial charge in [0.1, 0.15) is 0 Å². The fraction of sp³-hybridized carbons (Fsp3) is 0.0833. The maximum atomic E-state index is 11.4. The van der Waals surface area contributed by atoms with E-state index >= 15 is 0 Å². The van der Waals surface area contributed by atoms with Gasteiger partial charge in [0.15, 0.2) is 12.0 Å². The molecule has 102 valence electrons. The van der Waals surface area contributed by atoms with E-state index in [1.54, 1.807) is 0 Å². The highest BCUT2D eigenvalue weighted by Crippen LogP contribution is 2.19. The number of aldehydes is 1. The van der Waals surface area contributed by atoms with E-state index in [9.17, 15) is 19.7 Å². The van der Waals surface area contributed by atoms with Gasteiger partial charge in [0, 0.05) is 30.9 Å². The van der Waals surface area contributed by atoms with E-state index in [0.717, 1.165) is 6.07 Å². The Morgan fingerprint density at radius 2 is 2.20 bits per heavy atom. The third kappa shape index (κ3) is 2.39. The number of nitrogens with zero attached hydrogens (tertiary/aromatic N) is 3. The van der Waals surface area contributed by atoms with Gasteiger partial charge in [-0.15, -0.1) is 0 Å². The molecule has 20 heavy (non-hydrogen) atoms. The molecule has 1 amide bonds. The molecule has 2 rings (SSSR count). The number of nitrogens with one attached hydrogen (secondary N) is 1. The SMILES string of the molecule is CNC(=O)c1ccn(-c2ccc([N+](=O)[O-])cc2C=O)n1. The van der Waals surface area contributed by atoms with Crippen LogP contribution in [0.4, 0.5) is 5.69 Å². The maximum Gasteiger partial charge on any atom is 0.271 e. The van der Waals surface area contributed by atoms with Crippen LogP contribution in [0, 0.1) is 10.1 Å². The van der Waals surface area contributed by atoms with Gasteiger partial charge < -0.3 is 5.32 Å². The van der Waals surface area contributed by atoms with Gasteiger partial charge in [0.05, 0.1) is 10.6 Å². The Morgan fingerprint density at radius 1 is 1.45 bits per heavy atom. The third-order valence-corrected chi connectivity index (χ3v) is 2.64. The molecule has 1 aromatic carbocycles. The summed E-state index contributed by atoms with van der Waals surface area (Å²) < 4.78 is 1.32. The summed E-state index contributed by atoms with van der Waals surface area (Å²) in [5.41, 5.74) is 0.476. The Kier molecular flexibility index (Phi) is 3.56. The average molecular weight is 274 g/mol. The summed E-state index contributed by atoms with van der Waals surface area (Å²) in [7, 11) is 1.48. The number of non-ortho nitro benzene ring substituents is 1. The number of benzene rings is 1. The number of carbonyl (C=O) groups excluding carboxylic acids is 2. The summed E-state index contributed by atoms with van der Waals surface area (Å²) in [6, 6.07) is 5.31. The second-order valence-electron chi connectivity index (χ2n) is 3.84. The molecular weight excluding hydrogens is 264 g/mol. The van der Waals surface area contributed by atoms with Crippen molar-refractivity contribution in [2.24, 2.45) is 0 Å². The molecule has 8 heteroatoms. The van der Waals surface area contributed by atoms with Gasteiger partial charge in [-0.05, 0) is 12.1 Å². The van der Waals surface area contributed by atoms with Crippen molar-refractivity contribution in [2.75, 3.05) is 7.05 Å². The minimum Gasteiger partial charge on any atom is -0.354 e. The maximum absolute atomic E-state index is 11.4. The number of amides is 1. The first-order valence-electron chi connectivity index (χ1n) is 5.58. The quantitative estimate of drug-likeness (QED) is 0.507. The van der Waals surface area contributed by atoms with E-state index in [1.807, 2.05) is 0 Å². The average Bonchev–Trinajstić information content (AvgIpc) is 2.95. The van der Waals surface area contributed by atoms with Gasteiger partial charge in [-0.2, -0.15) is 5.10 Å². The van der Waals surface area contributed by atoms with Crippen LogP contribution in [0.5, 0.6) is 0 Å². The summed E-state index contributed by atoms with van der Waals surface area (Å²) in [5, 5.41) is 17.1. The number of carbonyl (C=O) groups is 2. The van der Waals surface area contributed by atoms with E-state index in [0.29, 0.717) is 12.0 Å². The van der Waals surface area contributed by atoms with Crippen LogP contribution in [0.15, 0.2) is 30.5 Å². The minimum atomic E-state index is -0.587. The van der Waals surface area contributed by atoms with Crippen molar-refractivity contribution in [1.82, 2.24) is 15.1 Å². The molecule has 0 fully saturated rings. The molecule has 2 aromatic rings. The third-order valence-electron chi connectivity index (χ3n) is 2.64. The van der Waals surface area contributed by atoms with Crippen molar-refractivity contribution in [3.63, 3.8) is 0 Å². The number of nitro benzene ring substituents is 1. The van der Waals surface area contributed by atoms with Gasteiger partial charge in [0.25, 0.3) is 11.6 Å². The van der Waals surface area contributed by atoms with Crippen LogP contribution in [-0.2, 0) is 0 Å². The summed E-state index contributed by atoms with van der Waals surface area (Å²) >= 11 is 0. The Balaban J connectivity index is 2.47. The molecule has 0 saturated heterocycles. The zero-order valence-electron chi connectivity index (χ0n) is 10.4. The molecule has 1 aromatic heterocycles. The van der Waals surface area contributed by atoms with Crippen molar-refractivity contribution in [3.8, 4) is 5.69 Å². The topological polar surface area (TPSA) is 107 Å². The number of hydrogen-bond donors (Lipinski definition) is 1. The highest BCUT2D eigenvalue weighted by Gasteiger charge is 2.14. The summed E-state index contributed by atoms with van der Waals surface area (Å²) in [6.07, 6.45) is 2.00. The number of aromatic nitrogens is 2. The molecule has 0 aliphatic rings. The Bertz CT molecular complexity index is 693. The lowest BCUT2D eigenvalue weighted by molar-refractivity contribution is -0.384. The van der Waals surface area contributed by atoms with E-state index < -0.39 is 4.92 Å². The molecule has 0 bridgehead atoms. The van der Waals surface area contributed by atoms with Crippen LogP contribution in [0.1, 0.15) is 20.8 Å². The Hall–Kier alpha value is -3.03. The molecule has 0 unspecified atom stereocenters. The van der Waals surface area contributed by atoms with Crippen molar-refractivity contribution in [2.45, 2.75) is 0 Å². The molecule has 0 saturated carbocycles. The first-order chi connectivity index (χ1) is 9.56. The zero-order chi connectivity index (χ0) is 14.7. The molecule has 0 radical (unpaired) electrons. The predicted octanol–water partition coefficient (Wildman–Crippen LogP) is 0.953. The van der Waals surface area contributed by atoms with Gasteiger partial charge >= 0.3 is 0 Å². The lowest BCUT2D eigenvalue weighted by Crippen LogP contribution is -2.18. The monoisotopic (exact) mass is 274 g/mol. The number of rotatable bonds is 4. The standard InChI is InChI=1S/C12H10N4O4/c1-13-12(18)10-4-5-15(14-10)11-3-2-9(16(19)20)6-8(11)7-17/h2-7H,1H3,(H,13,18). The van der Waals surface area contributed by atoms with Crippen molar-refractivity contribution in [3.05, 3.63) is 51.8 Å². The smallest absolute Gasteiger partial charge is 0.271 e. The first-order valence-corrected chi connectivity index (χ1v) is 5.58. The van der Waals surface area contributed by atoms with E-state index in [-0.39, 0.29) is 22.9 Å². The predicted molar refractivity (Wildman–Crippen MR) is 69.0 cm³/mol. The van der Waals surface area contributed by atoms with E-state index in [2.05, 4.69) is 10.4 Å². The first kappa shape index (κ1) is 13.4. The van der Waals surface area contributed by atoms with Gasteiger partial charge in [-0.25, -0.2) is 4.68 Å². The minimum absolute atomic E-state index is 0.116. The van der Waals surface area contributed by atoms with Gasteiger partial charge in [-0.1, -0.05) is 0 Å². The fourth-order valence-electron chi connectivity index (χ4n) is 1.67. The summed E-state index contributed by atoms with van der Waals surface area (Å²) in [5.74, 6) is -0.363. The lowest BCUT2D eigenvalue weighted by atomic mass is 10.2. The highest BCUT2D eigenvalue weighted by atomic mass is 16.6. The number of hydrogen-bond acceptors (Lipinski definition) is 5. The van der Waals surface area contributed by atoms with Crippen molar-refractivity contribution < 1.29 is 14.5 Å². The van der Waals surface area contributed by atoms with E-state index in [4.69, 9.17) is 0 Å². The second-order valence-corrected chi connectivity index (χ2v) is 3.84. The van der Waals surface area contributed by atoms with Crippen molar-refractivity contribution in [1.29, 1.82) is 0 Å².